The van der Waals surface area contributed by atoms with Gasteiger partial charge in [-0.1, -0.05) is 19.1 Å². The van der Waals surface area contributed by atoms with E-state index in [-0.39, 0.29) is 18.3 Å². The van der Waals surface area contributed by atoms with Crippen molar-refractivity contribution in [2.45, 2.75) is 13.0 Å². The van der Waals surface area contributed by atoms with Gasteiger partial charge in [0, 0.05) is 37.4 Å². The Balaban J connectivity index is 1.39. The zero-order chi connectivity index (χ0) is 19.5. The zero-order valence-corrected chi connectivity index (χ0v) is 16.1. The molecular formula is C22H25N3O3. The third-order valence-corrected chi connectivity index (χ3v) is 5.49. The number of Topliss-reactive ketones (excluding diaryl/α,β-unsaturated/α-hetero) is 1. The molecule has 2 aliphatic heterocycles. The quantitative estimate of drug-likeness (QED) is 0.883. The molecule has 0 aromatic heterocycles. The third kappa shape index (κ3) is 3.73. The highest BCUT2D eigenvalue weighted by molar-refractivity contribution is 6.06. The van der Waals surface area contributed by atoms with Gasteiger partial charge in [-0.2, -0.15) is 0 Å². The van der Waals surface area contributed by atoms with Crippen molar-refractivity contribution < 1.29 is 14.3 Å². The normalized spacial score (nSPS) is 19.7. The lowest BCUT2D eigenvalue weighted by Gasteiger charge is -2.35. The minimum atomic E-state index is -0.663. The van der Waals surface area contributed by atoms with E-state index in [1.54, 1.807) is 18.2 Å². The first-order chi connectivity index (χ1) is 13.7. The number of piperazine rings is 1. The molecule has 1 unspecified atom stereocenters. The Morgan fingerprint density at radius 1 is 1.07 bits per heavy atom. The lowest BCUT2D eigenvalue weighted by molar-refractivity contribution is 0.0795. The fraction of sp³-hybridized carbons (Fsp3) is 0.364. The van der Waals surface area contributed by atoms with E-state index in [0.717, 1.165) is 38.4 Å². The van der Waals surface area contributed by atoms with Gasteiger partial charge in [0.25, 0.3) is 5.91 Å². The summed E-state index contributed by atoms with van der Waals surface area (Å²) in [4.78, 5) is 30.0. The van der Waals surface area contributed by atoms with Crippen LogP contribution in [0.1, 0.15) is 27.6 Å². The molecule has 2 aromatic carbocycles. The van der Waals surface area contributed by atoms with Gasteiger partial charge in [-0.15, -0.1) is 0 Å². The summed E-state index contributed by atoms with van der Waals surface area (Å²) in [6, 6.07) is 14.0. The van der Waals surface area contributed by atoms with Crippen LogP contribution in [0.15, 0.2) is 48.5 Å². The van der Waals surface area contributed by atoms with Crippen LogP contribution in [0.3, 0.4) is 0 Å². The summed E-state index contributed by atoms with van der Waals surface area (Å²) in [7, 11) is 0. The number of likely N-dealkylation sites (N-methyl/N-ethyl adjacent to an activating group) is 1. The van der Waals surface area contributed by atoms with E-state index < -0.39 is 6.04 Å². The second kappa shape index (κ2) is 8.02. The van der Waals surface area contributed by atoms with Crippen molar-refractivity contribution in [2.75, 3.05) is 44.2 Å². The Labute approximate surface area is 165 Å². The van der Waals surface area contributed by atoms with Crippen molar-refractivity contribution in [3.8, 4) is 5.75 Å². The Hall–Kier alpha value is -2.86. The van der Waals surface area contributed by atoms with E-state index in [4.69, 9.17) is 4.74 Å². The first kappa shape index (κ1) is 18.5. The van der Waals surface area contributed by atoms with Gasteiger partial charge in [0.1, 0.15) is 18.4 Å². The number of rotatable bonds is 4. The minimum absolute atomic E-state index is 0.111. The van der Waals surface area contributed by atoms with Gasteiger partial charge >= 0.3 is 0 Å². The standard InChI is InChI=1S/C22H25N3O3/c1-2-24-11-13-25(14-12-24)17-9-7-16(8-10-17)22(27)23-19-15-28-20-6-4-3-5-18(20)21(19)26/h3-10,19H,2,11-15H2,1H3,(H,23,27). The number of fused-ring (bicyclic) bond motifs is 1. The van der Waals surface area contributed by atoms with Crippen LogP contribution in [0.25, 0.3) is 0 Å². The highest BCUT2D eigenvalue weighted by Crippen LogP contribution is 2.24. The van der Waals surface area contributed by atoms with Crippen molar-refractivity contribution in [3.05, 3.63) is 59.7 Å². The Morgan fingerprint density at radius 3 is 2.50 bits per heavy atom. The number of carbonyl (C=O) groups is 2. The van der Waals surface area contributed by atoms with E-state index in [2.05, 4.69) is 22.0 Å². The van der Waals surface area contributed by atoms with Crippen LogP contribution < -0.4 is 15.0 Å². The van der Waals surface area contributed by atoms with Crippen LogP contribution in [0, 0.1) is 0 Å². The Kier molecular flexibility index (Phi) is 5.30. The first-order valence-electron chi connectivity index (χ1n) is 9.80. The van der Waals surface area contributed by atoms with Crippen molar-refractivity contribution in [1.29, 1.82) is 0 Å². The molecule has 1 atom stereocenters. The van der Waals surface area contributed by atoms with Crippen molar-refractivity contribution in [3.63, 3.8) is 0 Å². The summed E-state index contributed by atoms with van der Waals surface area (Å²) in [5, 5.41) is 2.80. The highest BCUT2D eigenvalue weighted by Gasteiger charge is 2.30. The van der Waals surface area contributed by atoms with Crippen LogP contribution in [0.5, 0.6) is 5.75 Å². The highest BCUT2D eigenvalue weighted by atomic mass is 16.5. The Morgan fingerprint density at radius 2 is 1.79 bits per heavy atom. The molecular weight excluding hydrogens is 354 g/mol. The molecule has 0 aliphatic carbocycles. The van der Waals surface area contributed by atoms with E-state index >= 15 is 0 Å². The van der Waals surface area contributed by atoms with E-state index in [1.165, 1.54) is 0 Å². The zero-order valence-electron chi connectivity index (χ0n) is 16.1. The molecule has 2 aliphatic rings. The first-order valence-corrected chi connectivity index (χ1v) is 9.80. The maximum Gasteiger partial charge on any atom is 0.251 e. The molecule has 6 heteroatoms. The number of para-hydroxylation sites is 1. The second-order valence-corrected chi connectivity index (χ2v) is 7.17. The smallest absolute Gasteiger partial charge is 0.251 e. The summed E-state index contributed by atoms with van der Waals surface area (Å²) in [6.07, 6.45) is 0. The number of ether oxygens (including phenoxy) is 1. The van der Waals surface area contributed by atoms with Gasteiger partial charge in [0.15, 0.2) is 5.78 Å². The summed E-state index contributed by atoms with van der Waals surface area (Å²) < 4.78 is 5.61. The number of benzene rings is 2. The lowest BCUT2D eigenvalue weighted by Crippen LogP contribution is -2.47. The monoisotopic (exact) mass is 379 g/mol. The van der Waals surface area contributed by atoms with Crippen LogP contribution >= 0.6 is 0 Å². The van der Waals surface area contributed by atoms with Gasteiger partial charge in [0.05, 0.1) is 5.56 Å². The van der Waals surface area contributed by atoms with E-state index in [9.17, 15) is 9.59 Å². The maximum atomic E-state index is 12.6. The Bertz CT molecular complexity index is 858. The van der Waals surface area contributed by atoms with E-state index in [1.807, 2.05) is 30.3 Å². The molecule has 1 saturated heterocycles. The fourth-order valence-electron chi connectivity index (χ4n) is 3.73. The van der Waals surface area contributed by atoms with Crippen molar-refractivity contribution >= 4 is 17.4 Å². The SMILES string of the molecule is CCN1CCN(c2ccc(C(=O)NC3COc4ccccc4C3=O)cc2)CC1. The molecule has 0 spiro atoms. The number of hydrogen-bond acceptors (Lipinski definition) is 5. The molecule has 28 heavy (non-hydrogen) atoms. The van der Waals surface area contributed by atoms with E-state index in [0.29, 0.717) is 16.9 Å². The number of ketones is 1. The molecule has 0 saturated carbocycles. The second-order valence-electron chi connectivity index (χ2n) is 7.17. The topological polar surface area (TPSA) is 61.9 Å². The van der Waals surface area contributed by atoms with Crippen LogP contribution in [-0.2, 0) is 0 Å². The van der Waals surface area contributed by atoms with Crippen LogP contribution in [0.2, 0.25) is 0 Å². The predicted octanol–water partition coefficient (Wildman–Crippen LogP) is 2.20. The number of carbonyl (C=O) groups excluding carboxylic acids is 2. The molecule has 1 fully saturated rings. The predicted molar refractivity (Wildman–Crippen MR) is 108 cm³/mol. The number of anilines is 1. The molecule has 146 valence electrons. The molecule has 4 rings (SSSR count). The average Bonchev–Trinajstić information content (AvgIpc) is 2.76. The molecule has 2 aromatic rings. The molecule has 0 radical (unpaired) electrons. The van der Waals surface area contributed by atoms with Gasteiger partial charge in [-0.05, 0) is 42.9 Å². The van der Waals surface area contributed by atoms with Gasteiger partial charge in [-0.3, -0.25) is 9.59 Å². The number of nitrogens with zero attached hydrogens (tertiary/aromatic N) is 2. The van der Waals surface area contributed by atoms with Gasteiger partial charge in [-0.25, -0.2) is 0 Å². The van der Waals surface area contributed by atoms with Crippen LogP contribution in [0.4, 0.5) is 5.69 Å². The summed E-state index contributed by atoms with van der Waals surface area (Å²) in [5.74, 6) is 0.204. The minimum Gasteiger partial charge on any atom is -0.490 e. The number of amides is 1. The number of hydrogen-bond donors (Lipinski definition) is 1. The summed E-state index contributed by atoms with van der Waals surface area (Å²) in [6.45, 7) is 7.53. The van der Waals surface area contributed by atoms with Crippen LogP contribution in [-0.4, -0.2) is 62.0 Å². The van der Waals surface area contributed by atoms with Crippen molar-refractivity contribution in [2.24, 2.45) is 0 Å². The molecule has 0 bridgehead atoms. The number of nitrogens with one attached hydrogen (secondary N) is 1. The van der Waals surface area contributed by atoms with Crippen molar-refractivity contribution in [1.82, 2.24) is 10.2 Å². The van der Waals surface area contributed by atoms with Gasteiger partial charge in [0.2, 0.25) is 0 Å². The molecule has 2 heterocycles. The molecule has 1 N–H and O–H groups in total. The lowest BCUT2D eigenvalue weighted by atomic mass is 10.0. The molecule has 1 amide bonds. The largest absolute Gasteiger partial charge is 0.490 e. The average molecular weight is 379 g/mol. The fourth-order valence-corrected chi connectivity index (χ4v) is 3.73. The third-order valence-electron chi connectivity index (χ3n) is 5.49. The summed E-state index contributed by atoms with van der Waals surface area (Å²) in [5.41, 5.74) is 2.18. The molecule has 6 nitrogen and oxygen atoms in total. The van der Waals surface area contributed by atoms with Gasteiger partial charge < -0.3 is 19.9 Å². The maximum absolute atomic E-state index is 12.6. The summed E-state index contributed by atoms with van der Waals surface area (Å²) >= 11 is 0.